The molecular weight excluding hydrogens is 356 g/mol. The maximum Gasteiger partial charge on any atom is 0.280 e. The molecule has 21 heavy (non-hydrogen) atoms. The Morgan fingerprint density at radius 3 is 2.62 bits per heavy atom. The molecule has 0 fully saturated rings. The lowest BCUT2D eigenvalue weighted by molar-refractivity contribution is -0.110. The lowest BCUT2D eigenvalue weighted by atomic mass is 10.1. The van der Waals surface area contributed by atoms with Crippen molar-refractivity contribution in [3.05, 3.63) is 34.9 Å². The molecule has 0 aliphatic rings. The number of rotatable bonds is 4. The van der Waals surface area contributed by atoms with Gasteiger partial charge in [-0.3, -0.25) is 9.59 Å². The van der Waals surface area contributed by atoms with Crippen molar-refractivity contribution in [3.63, 3.8) is 0 Å². The number of nitrogens with one attached hydrogen (secondary N) is 1. The van der Waals surface area contributed by atoms with Gasteiger partial charge in [0, 0.05) is 11.8 Å². The number of Topliss-reactive ketones (excluding diaryl/α,β-unsaturated/α-hetero) is 1. The number of halogens is 1. The summed E-state index contributed by atoms with van der Waals surface area (Å²) in [6.07, 6.45) is 3.02. The highest BCUT2D eigenvalue weighted by molar-refractivity contribution is 9.10. The number of benzene rings is 1. The highest BCUT2D eigenvalue weighted by atomic mass is 79.9. The van der Waals surface area contributed by atoms with Gasteiger partial charge < -0.3 is 10.1 Å². The van der Waals surface area contributed by atoms with Gasteiger partial charge in [-0.25, -0.2) is 4.99 Å². The van der Waals surface area contributed by atoms with E-state index in [4.69, 9.17) is 4.74 Å². The van der Waals surface area contributed by atoms with Crippen LogP contribution < -0.4 is 10.1 Å². The van der Waals surface area contributed by atoms with Crippen LogP contribution in [-0.4, -0.2) is 30.1 Å². The number of ketones is 1. The Kier molecular flexibility index (Phi) is 6.64. The van der Waals surface area contributed by atoms with Gasteiger partial charge in [-0.2, -0.15) is 0 Å². The topological polar surface area (TPSA) is 67.8 Å². The molecule has 0 saturated heterocycles. The smallest absolute Gasteiger partial charge is 0.280 e. The number of anilines is 1. The molecule has 1 N–H and O–H groups in total. The van der Waals surface area contributed by atoms with E-state index in [1.165, 1.54) is 32.0 Å². The van der Waals surface area contributed by atoms with Gasteiger partial charge >= 0.3 is 0 Å². The fourth-order valence-corrected chi connectivity index (χ4v) is 2.61. The van der Waals surface area contributed by atoms with E-state index in [1.807, 2.05) is 0 Å². The van der Waals surface area contributed by atoms with Crippen LogP contribution in [0, 0.1) is 0 Å². The zero-order valence-electron chi connectivity index (χ0n) is 11.9. The molecule has 0 aromatic heterocycles. The molecule has 1 aromatic carbocycles. The average Bonchev–Trinajstić information content (AvgIpc) is 2.46. The minimum absolute atomic E-state index is 0.167. The monoisotopic (exact) mass is 370 g/mol. The summed E-state index contributed by atoms with van der Waals surface area (Å²) in [7, 11) is 1.51. The van der Waals surface area contributed by atoms with E-state index in [9.17, 15) is 9.59 Å². The van der Waals surface area contributed by atoms with Crippen molar-refractivity contribution >= 4 is 50.1 Å². The van der Waals surface area contributed by atoms with Gasteiger partial charge in [-0.1, -0.05) is 6.58 Å². The zero-order valence-corrected chi connectivity index (χ0v) is 14.3. The first kappa shape index (κ1) is 17.5. The molecule has 0 bridgehead atoms. The minimum Gasteiger partial charge on any atom is -0.495 e. The van der Waals surface area contributed by atoms with E-state index in [-0.39, 0.29) is 10.8 Å². The molecule has 1 aromatic rings. The van der Waals surface area contributed by atoms with Crippen molar-refractivity contribution in [2.45, 2.75) is 6.92 Å². The van der Waals surface area contributed by atoms with Crippen molar-refractivity contribution in [2.24, 2.45) is 4.99 Å². The van der Waals surface area contributed by atoms with Crippen LogP contribution in [0.1, 0.15) is 17.3 Å². The van der Waals surface area contributed by atoms with E-state index in [0.29, 0.717) is 21.5 Å². The predicted molar refractivity (Wildman–Crippen MR) is 90.5 cm³/mol. The maximum absolute atomic E-state index is 12.2. The summed E-state index contributed by atoms with van der Waals surface area (Å²) in [6.45, 7) is 4.89. The van der Waals surface area contributed by atoms with Gasteiger partial charge in [0.05, 0.1) is 17.3 Å². The molecule has 0 saturated carbocycles. The molecule has 5 nitrogen and oxygen atoms in total. The molecule has 0 aliphatic carbocycles. The Bertz CT molecular complexity index is 614. The van der Waals surface area contributed by atoms with Crippen molar-refractivity contribution in [1.82, 2.24) is 0 Å². The van der Waals surface area contributed by atoms with Gasteiger partial charge in [0.25, 0.3) is 5.91 Å². The molecular formula is C14H15BrN2O3S. The lowest BCUT2D eigenvalue weighted by Gasteiger charge is -2.14. The highest BCUT2D eigenvalue weighted by Crippen LogP contribution is 2.35. The number of aliphatic imine (C=N–C) groups is 1. The van der Waals surface area contributed by atoms with Crippen molar-refractivity contribution in [2.75, 3.05) is 18.7 Å². The molecule has 0 radical (unpaired) electrons. The summed E-state index contributed by atoms with van der Waals surface area (Å²) in [5, 5.41) is 2.93. The molecule has 0 spiro atoms. The summed E-state index contributed by atoms with van der Waals surface area (Å²) < 4.78 is 5.68. The van der Waals surface area contributed by atoms with Crippen LogP contribution in [0.5, 0.6) is 5.75 Å². The molecule has 112 valence electrons. The van der Waals surface area contributed by atoms with Crippen LogP contribution in [0.3, 0.4) is 0 Å². The Balaban J connectivity index is 3.28. The van der Waals surface area contributed by atoms with Crippen molar-refractivity contribution in [3.8, 4) is 5.75 Å². The second kappa shape index (κ2) is 7.99. The first-order valence-corrected chi connectivity index (χ1v) is 7.89. The molecule has 0 aliphatic heterocycles. The van der Waals surface area contributed by atoms with E-state index in [1.54, 1.807) is 18.4 Å². The van der Waals surface area contributed by atoms with E-state index < -0.39 is 5.91 Å². The summed E-state index contributed by atoms with van der Waals surface area (Å²) >= 11 is 4.53. The second-order valence-corrected chi connectivity index (χ2v) is 5.42. The summed E-state index contributed by atoms with van der Waals surface area (Å²) in [6, 6.07) is 3.26. The van der Waals surface area contributed by atoms with Gasteiger partial charge in [0.1, 0.15) is 5.75 Å². The lowest BCUT2D eigenvalue weighted by Crippen LogP contribution is -2.21. The van der Waals surface area contributed by atoms with Crippen LogP contribution in [0.2, 0.25) is 0 Å². The van der Waals surface area contributed by atoms with Crippen LogP contribution >= 0.6 is 27.7 Å². The van der Waals surface area contributed by atoms with Crippen LogP contribution in [0.4, 0.5) is 5.69 Å². The van der Waals surface area contributed by atoms with E-state index >= 15 is 0 Å². The normalized spacial score (nSPS) is 11.0. The zero-order chi connectivity index (χ0) is 16.0. The van der Waals surface area contributed by atoms with Crippen molar-refractivity contribution < 1.29 is 14.3 Å². The Morgan fingerprint density at radius 1 is 1.48 bits per heavy atom. The summed E-state index contributed by atoms with van der Waals surface area (Å²) in [5.41, 5.74) is 0.743. The Labute approximate surface area is 136 Å². The van der Waals surface area contributed by atoms with Crippen LogP contribution in [-0.2, 0) is 4.79 Å². The molecule has 0 heterocycles. The number of carbonyl (C=O) groups is 2. The molecule has 1 rings (SSSR count). The summed E-state index contributed by atoms with van der Waals surface area (Å²) in [5.74, 6) is -0.0690. The van der Waals surface area contributed by atoms with Gasteiger partial charge in [-0.05, 0) is 41.2 Å². The largest absolute Gasteiger partial charge is 0.495 e. The number of hydrogen-bond acceptors (Lipinski definition) is 5. The number of hydrogen-bond donors (Lipinski definition) is 1. The van der Waals surface area contributed by atoms with Gasteiger partial charge in [0.15, 0.2) is 10.8 Å². The maximum atomic E-state index is 12.2. The molecule has 0 atom stereocenters. The van der Waals surface area contributed by atoms with Gasteiger partial charge in [0.2, 0.25) is 0 Å². The third-order valence-electron chi connectivity index (χ3n) is 2.54. The average molecular weight is 371 g/mol. The fourth-order valence-electron chi connectivity index (χ4n) is 1.58. The Morgan fingerprint density at radius 2 is 2.14 bits per heavy atom. The summed E-state index contributed by atoms with van der Waals surface area (Å²) in [4.78, 5) is 27.8. The SMILES string of the molecule is C=CN=C(SC)C(=O)Nc1c(C(C)=O)ccc(OC)c1Br. The molecule has 1 amide bonds. The molecule has 0 unspecified atom stereocenters. The van der Waals surface area contributed by atoms with E-state index in [2.05, 4.69) is 32.8 Å². The first-order chi connectivity index (χ1) is 9.96. The Hall–Kier alpha value is -1.60. The number of ether oxygens (including phenoxy) is 1. The van der Waals surface area contributed by atoms with Crippen LogP contribution in [0.15, 0.2) is 34.4 Å². The second-order valence-electron chi connectivity index (χ2n) is 3.84. The minimum atomic E-state index is -0.418. The molecule has 7 heteroatoms. The fraction of sp³-hybridized carbons (Fsp3) is 0.214. The van der Waals surface area contributed by atoms with Crippen molar-refractivity contribution in [1.29, 1.82) is 0 Å². The van der Waals surface area contributed by atoms with Crippen LogP contribution in [0.25, 0.3) is 0 Å². The number of methoxy groups -OCH3 is 1. The first-order valence-electron chi connectivity index (χ1n) is 5.87. The quantitative estimate of drug-likeness (QED) is 0.500. The number of nitrogens with zero attached hydrogens (tertiary/aromatic N) is 1. The number of thioether (sulfide) groups is 1. The third kappa shape index (κ3) is 4.18. The number of carbonyl (C=O) groups excluding carboxylic acids is 2. The van der Waals surface area contributed by atoms with Gasteiger partial charge in [-0.15, -0.1) is 11.8 Å². The number of amides is 1. The standard InChI is InChI=1S/C14H15BrN2O3S/c1-5-16-14(21-4)13(19)17-12-9(8(2)18)6-7-10(20-3)11(12)15/h5-7H,1H2,2-4H3,(H,17,19). The van der Waals surface area contributed by atoms with E-state index in [0.717, 1.165) is 0 Å². The predicted octanol–water partition coefficient (Wildman–Crippen LogP) is 3.50. The third-order valence-corrected chi connectivity index (χ3v) is 4.01. The highest BCUT2D eigenvalue weighted by Gasteiger charge is 2.19.